The molecule has 0 aliphatic heterocycles. The number of hydrogen-bond acceptors (Lipinski definition) is 2. The van der Waals surface area contributed by atoms with Crippen LogP contribution in [0.3, 0.4) is 0 Å². The maximum absolute atomic E-state index is 12.0. The Labute approximate surface area is 110 Å². The van der Waals surface area contributed by atoms with Crippen molar-refractivity contribution in [1.82, 2.24) is 9.97 Å². The van der Waals surface area contributed by atoms with Crippen LogP contribution < -0.4 is 5.56 Å². The number of H-pyrrole nitrogens is 1. The third kappa shape index (κ3) is 2.15. The second-order valence-corrected chi connectivity index (χ2v) is 5.38. The smallest absolute Gasteiger partial charge is 0.258 e. The van der Waals surface area contributed by atoms with Crippen molar-refractivity contribution in [3.05, 3.63) is 39.4 Å². The van der Waals surface area contributed by atoms with E-state index in [9.17, 15) is 4.79 Å². The van der Waals surface area contributed by atoms with Gasteiger partial charge < -0.3 is 4.98 Å². The molecule has 18 heavy (non-hydrogen) atoms. The summed E-state index contributed by atoms with van der Waals surface area (Å²) in [5, 5.41) is 1.14. The lowest BCUT2D eigenvalue weighted by Gasteiger charge is -2.20. The highest BCUT2D eigenvalue weighted by Gasteiger charge is 2.18. The Morgan fingerprint density at radius 2 is 2.00 bits per heavy atom. The van der Waals surface area contributed by atoms with Crippen LogP contribution in [-0.2, 0) is 0 Å². The van der Waals surface area contributed by atoms with Gasteiger partial charge in [-0.1, -0.05) is 30.9 Å². The van der Waals surface area contributed by atoms with Crippen LogP contribution in [0.2, 0.25) is 5.02 Å². The summed E-state index contributed by atoms with van der Waals surface area (Å²) in [7, 11) is 0. The minimum Gasteiger partial charge on any atom is -0.310 e. The average Bonchev–Trinajstić information content (AvgIpc) is 2.40. The maximum atomic E-state index is 12.0. The van der Waals surface area contributed by atoms with Crippen LogP contribution in [0.15, 0.2) is 23.0 Å². The Morgan fingerprint density at radius 1 is 1.22 bits per heavy atom. The summed E-state index contributed by atoms with van der Waals surface area (Å²) in [5.74, 6) is 1.25. The van der Waals surface area contributed by atoms with Gasteiger partial charge in [0, 0.05) is 10.9 Å². The first-order valence-electron chi connectivity index (χ1n) is 6.43. The number of fused-ring (bicyclic) bond motifs is 1. The van der Waals surface area contributed by atoms with E-state index in [1.54, 1.807) is 12.1 Å². The van der Waals surface area contributed by atoms with Crippen LogP contribution in [0.4, 0.5) is 0 Å². The van der Waals surface area contributed by atoms with Gasteiger partial charge in [-0.05, 0) is 31.0 Å². The SMILES string of the molecule is O=c1[nH]c(C2CCCCC2)nc2ccc(Cl)cc12. The highest BCUT2D eigenvalue weighted by Crippen LogP contribution is 2.30. The van der Waals surface area contributed by atoms with E-state index >= 15 is 0 Å². The molecule has 1 heterocycles. The first-order valence-corrected chi connectivity index (χ1v) is 6.81. The van der Waals surface area contributed by atoms with Crippen molar-refractivity contribution >= 4 is 22.5 Å². The molecule has 2 aromatic rings. The van der Waals surface area contributed by atoms with E-state index in [1.807, 2.05) is 6.07 Å². The van der Waals surface area contributed by atoms with Gasteiger partial charge in [0.25, 0.3) is 5.56 Å². The molecule has 4 heteroatoms. The third-order valence-electron chi connectivity index (χ3n) is 3.68. The lowest BCUT2D eigenvalue weighted by molar-refractivity contribution is 0.429. The van der Waals surface area contributed by atoms with Gasteiger partial charge in [0.1, 0.15) is 5.82 Å². The van der Waals surface area contributed by atoms with E-state index in [-0.39, 0.29) is 5.56 Å². The second kappa shape index (κ2) is 4.73. The normalized spacial score (nSPS) is 17.2. The second-order valence-electron chi connectivity index (χ2n) is 4.95. The highest BCUT2D eigenvalue weighted by molar-refractivity contribution is 6.31. The van der Waals surface area contributed by atoms with Crippen molar-refractivity contribution in [2.45, 2.75) is 38.0 Å². The van der Waals surface area contributed by atoms with E-state index in [0.717, 1.165) is 24.2 Å². The number of rotatable bonds is 1. The summed E-state index contributed by atoms with van der Waals surface area (Å²) in [4.78, 5) is 19.5. The van der Waals surface area contributed by atoms with Gasteiger partial charge in [0.2, 0.25) is 0 Å². The van der Waals surface area contributed by atoms with E-state index < -0.39 is 0 Å². The summed E-state index contributed by atoms with van der Waals surface area (Å²) in [6, 6.07) is 5.27. The first kappa shape index (κ1) is 11.7. The average molecular weight is 263 g/mol. The van der Waals surface area contributed by atoms with E-state index in [0.29, 0.717) is 16.3 Å². The zero-order valence-corrected chi connectivity index (χ0v) is 10.8. The summed E-state index contributed by atoms with van der Waals surface area (Å²) in [6.45, 7) is 0. The van der Waals surface area contributed by atoms with E-state index in [4.69, 9.17) is 11.6 Å². The Morgan fingerprint density at radius 3 is 2.78 bits per heavy atom. The molecular formula is C14H15ClN2O. The number of nitrogens with zero attached hydrogens (tertiary/aromatic N) is 1. The molecule has 94 valence electrons. The van der Waals surface area contributed by atoms with Crippen LogP contribution in [0.1, 0.15) is 43.8 Å². The topological polar surface area (TPSA) is 45.8 Å². The molecule has 0 spiro atoms. The molecule has 1 aromatic carbocycles. The van der Waals surface area contributed by atoms with Crippen molar-refractivity contribution in [2.24, 2.45) is 0 Å². The molecule has 1 saturated carbocycles. The Balaban J connectivity index is 2.09. The zero-order valence-electron chi connectivity index (χ0n) is 10.1. The van der Waals surface area contributed by atoms with Crippen molar-refractivity contribution in [1.29, 1.82) is 0 Å². The summed E-state index contributed by atoms with van der Waals surface area (Å²) in [5.41, 5.74) is 0.659. The predicted molar refractivity (Wildman–Crippen MR) is 73.2 cm³/mol. The van der Waals surface area contributed by atoms with Gasteiger partial charge >= 0.3 is 0 Å². The van der Waals surface area contributed by atoms with Crippen LogP contribution in [0.25, 0.3) is 10.9 Å². The largest absolute Gasteiger partial charge is 0.310 e. The number of hydrogen-bond donors (Lipinski definition) is 1. The molecule has 1 aliphatic carbocycles. The highest BCUT2D eigenvalue weighted by atomic mass is 35.5. The molecule has 0 amide bonds. The summed E-state index contributed by atoms with van der Waals surface area (Å²) >= 11 is 5.90. The Bertz CT molecular complexity index is 629. The molecule has 0 atom stereocenters. The molecule has 1 aromatic heterocycles. The minimum absolute atomic E-state index is 0.0805. The fourth-order valence-electron chi connectivity index (χ4n) is 2.70. The summed E-state index contributed by atoms with van der Waals surface area (Å²) in [6.07, 6.45) is 6.01. The molecule has 0 bridgehead atoms. The van der Waals surface area contributed by atoms with Crippen molar-refractivity contribution in [3.63, 3.8) is 0 Å². The number of aromatic nitrogens is 2. The van der Waals surface area contributed by atoms with E-state index in [1.165, 1.54) is 19.3 Å². The summed E-state index contributed by atoms with van der Waals surface area (Å²) < 4.78 is 0. The third-order valence-corrected chi connectivity index (χ3v) is 3.91. The lowest BCUT2D eigenvalue weighted by atomic mass is 9.88. The molecule has 0 saturated heterocycles. The fourth-order valence-corrected chi connectivity index (χ4v) is 2.87. The van der Waals surface area contributed by atoms with Crippen LogP contribution in [0, 0.1) is 0 Å². The predicted octanol–water partition coefficient (Wildman–Crippen LogP) is 3.62. The van der Waals surface area contributed by atoms with Crippen molar-refractivity contribution in [2.75, 3.05) is 0 Å². The lowest BCUT2D eigenvalue weighted by Crippen LogP contribution is -2.16. The van der Waals surface area contributed by atoms with Gasteiger partial charge in [-0.3, -0.25) is 4.79 Å². The van der Waals surface area contributed by atoms with E-state index in [2.05, 4.69) is 9.97 Å². The molecular weight excluding hydrogens is 248 g/mol. The minimum atomic E-state index is -0.0805. The maximum Gasteiger partial charge on any atom is 0.258 e. The van der Waals surface area contributed by atoms with Crippen LogP contribution in [-0.4, -0.2) is 9.97 Å². The van der Waals surface area contributed by atoms with Crippen LogP contribution >= 0.6 is 11.6 Å². The quantitative estimate of drug-likeness (QED) is 0.853. The van der Waals surface area contributed by atoms with Crippen molar-refractivity contribution < 1.29 is 0 Å². The van der Waals surface area contributed by atoms with Gasteiger partial charge in [-0.25, -0.2) is 4.98 Å². The van der Waals surface area contributed by atoms with Gasteiger partial charge in [0.15, 0.2) is 0 Å². The van der Waals surface area contributed by atoms with Gasteiger partial charge in [-0.2, -0.15) is 0 Å². The molecule has 1 N–H and O–H groups in total. The number of nitrogens with one attached hydrogen (secondary N) is 1. The number of aromatic amines is 1. The molecule has 3 nitrogen and oxygen atoms in total. The molecule has 1 fully saturated rings. The van der Waals surface area contributed by atoms with Gasteiger partial charge in [-0.15, -0.1) is 0 Å². The number of benzene rings is 1. The molecule has 1 aliphatic rings. The van der Waals surface area contributed by atoms with Crippen LogP contribution in [0.5, 0.6) is 0 Å². The van der Waals surface area contributed by atoms with Crippen molar-refractivity contribution in [3.8, 4) is 0 Å². The molecule has 0 radical (unpaired) electrons. The first-order chi connectivity index (χ1) is 8.74. The Hall–Kier alpha value is -1.35. The number of halogens is 1. The fraction of sp³-hybridized carbons (Fsp3) is 0.429. The zero-order chi connectivity index (χ0) is 12.5. The Kier molecular flexibility index (Phi) is 3.08. The standard InChI is InChI=1S/C14H15ClN2O/c15-10-6-7-12-11(8-10)14(18)17-13(16-12)9-4-2-1-3-5-9/h6-9H,1-5H2,(H,16,17,18). The molecule has 3 rings (SSSR count). The monoisotopic (exact) mass is 262 g/mol. The van der Waals surface area contributed by atoms with Gasteiger partial charge in [0.05, 0.1) is 10.9 Å². The molecule has 0 unspecified atom stereocenters.